The lowest BCUT2D eigenvalue weighted by Crippen LogP contribution is -2.53. The van der Waals surface area contributed by atoms with Crippen molar-refractivity contribution in [3.05, 3.63) is 35.9 Å². The Kier molecular flexibility index (Phi) is 6.54. The monoisotopic (exact) mass is 287 g/mol. The van der Waals surface area contributed by atoms with Crippen LogP contribution in [0.2, 0.25) is 0 Å². The number of halogens is 2. The van der Waals surface area contributed by atoms with Gasteiger partial charge in [-0.05, 0) is 12.1 Å². The average Bonchev–Trinajstić information content (AvgIpc) is 2.46. The summed E-state index contributed by atoms with van der Waals surface area (Å²) < 4.78 is 34.2. The third-order valence-corrected chi connectivity index (χ3v) is 2.84. The number of hydrogen-bond donors (Lipinski definition) is 1. The van der Waals surface area contributed by atoms with Gasteiger partial charge in [-0.15, -0.1) is 0 Å². The van der Waals surface area contributed by atoms with E-state index in [1.165, 1.54) is 7.11 Å². The largest absolute Gasteiger partial charge is 0.467 e. The van der Waals surface area contributed by atoms with Crippen molar-refractivity contribution in [2.24, 2.45) is 0 Å². The van der Waals surface area contributed by atoms with Crippen molar-refractivity contribution in [2.75, 3.05) is 26.9 Å². The van der Waals surface area contributed by atoms with Gasteiger partial charge in [0.1, 0.15) is 6.61 Å². The number of benzene rings is 1. The molecule has 1 N–H and O–H groups in total. The molecule has 6 heteroatoms. The summed E-state index contributed by atoms with van der Waals surface area (Å²) in [5, 5.41) is 2.99. The number of esters is 1. The van der Waals surface area contributed by atoms with E-state index in [0.717, 1.165) is 0 Å². The summed E-state index contributed by atoms with van der Waals surface area (Å²) in [5.74, 6) is -0.570. The Hall–Kier alpha value is -1.53. The molecule has 0 heterocycles. The van der Waals surface area contributed by atoms with Crippen LogP contribution in [0.4, 0.5) is 8.78 Å². The van der Waals surface area contributed by atoms with Gasteiger partial charge in [0, 0.05) is 0 Å². The van der Waals surface area contributed by atoms with E-state index in [9.17, 15) is 13.6 Å². The van der Waals surface area contributed by atoms with E-state index < -0.39 is 24.5 Å². The maximum Gasteiger partial charge on any atom is 0.333 e. The van der Waals surface area contributed by atoms with Gasteiger partial charge in [-0.25, -0.2) is 13.6 Å². The predicted octanol–water partition coefficient (Wildman–Crippen LogP) is 1.95. The quantitative estimate of drug-likeness (QED) is 0.742. The lowest BCUT2D eigenvalue weighted by atomic mass is 9.90. The molecule has 0 saturated carbocycles. The molecule has 0 radical (unpaired) electrons. The number of likely N-dealkylation sites (N-methyl/N-ethyl adjacent to an activating group) is 1. The van der Waals surface area contributed by atoms with Crippen LogP contribution in [0.15, 0.2) is 30.3 Å². The molecule has 1 atom stereocenters. The summed E-state index contributed by atoms with van der Waals surface area (Å²) in [5.41, 5.74) is -0.664. The van der Waals surface area contributed by atoms with Gasteiger partial charge in [-0.2, -0.15) is 0 Å². The van der Waals surface area contributed by atoms with Crippen LogP contribution in [0.1, 0.15) is 12.5 Å². The minimum atomic E-state index is -2.58. The molecular formula is C14H19F2NO3. The van der Waals surface area contributed by atoms with E-state index in [2.05, 4.69) is 5.32 Å². The molecule has 0 aliphatic heterocycles. The molecule has 1 aromatic rings. The fourth-order valence-corrected chi connectivity index (χ4v) is 1.99. The van der Waals surface area contributed by atoms with Crippen LogP contribution in [0.25, 0.3) is 0 Å². The molecule has 0 amide bonds. The van der Waals surface area contributed by atoms with Gasteiger partial charge in [-0.3, -0.25) is 5.32 Å². The third kappa shape index (κ3) is 3.98. The Labute approximate surface area is 117 Å². The van der Waals surface area contributed by atoms with Crippen molar-refractivity contribution in [1.29, 1.82) is 0 Å². The molecule has 0 bridgehead atoms. The zero-order chi connectivity index (χ0) is 15.0. The average molecular weight is 287 g/mol. The lowest BCUT2D eigenvalue weighted by molar-refractivity contribution is -0.153. The highest BCUT2D eigenvalue weighted by Gasteiger charge is 2.41. The van der Waals surface area contributed by atoms with E-state index in [1.54, 1.807) is 30.3 Å². The van der Waals surface area contributed by atoms with Gasteiger partial charge in [0.15, 0.2) is 5.54 Å². The summed E-state index contributed by atoms with van der Waals surface area (Å²) in [6.45, 7) is 1.33. The van der Waals surface area contributed by atoms with Crippen molar-refractivity contribution < 1.29 is 23.0 Å². The second-order valence-corrected chi connectivity index (χ2v) is 4.20. The first-order valence-electron chi connectivity index (χ1n) is 6.31. The molecule has 20 heavy (non-hydrogen) atoms. The highest BCUT2D eigenvalue weighted by atomic mass is 19.3. The van der Waals surface area contributed by atoms with Crippen molar-refractivity contribution in [3.8, 4) is 0 Å². The number of hydrogen-bond acceptors (Lipinski definition) is 4. The maximum absolute atomic E-state index is 12.2. The molecule has 1 rings (SSSR count). The topological polar surface area (TPSA) is 47.6 Å². The molecule has 0 fully saturated rings. The molecule has 0 aliphatic carbocycles. The highest BCUT2D eigenvalue weighted by molar-refractivity contribution is 5.82. The number of alkyl halides is 2. The first kappa shape index (κ1) is 16.5. The molecule has 1 aromatic carbocycles. The van der Waals surface area contributed by atoms with Gasteiger partial charge in [0.25, 0.3) is 6.43 Å². The zero-order valence-electron chi connectivity index (χ0n) is 11.6. The van der Waals surface area contributed by atoms with Gasteiger partial charge >= 0.3 is 5.97 Å². The smallest absolute Gasteiger partial charge is 0.333 e. The Bertz CT molecular complexity index is 414. The van der Waals surface area contributed by atoms with Crippen molar-refractivity contribution in [3.63, 3.8) is 0 Å². The second-order valence-electron chi connectivity index (χ2n) is 4.20. The SMILES string of the molecule is CCNC(COCC(F)F)(C(=O)OC)c1ccccc1. The molecule has 4 nitrogen and oxygen atoms in total. The summed E-state index contributed by atoms with van der Waals surface area (Å²) in [6.07, 6.45) is -2.58. The van der Waals surface area contributed by atoms with Gasteiger partial charge in [0.2, 0.25) is 0 Å². The predicted molar refractivity (Wildman–Crippen MR) is 70.6 cm³/mol. The van der Waals surface area contributed by atoms with Crippen LogP contribution >= 0.6 is 0 Å². The van der Waals surface area contributed by atoms with Gasteiger partial charge < -0.3 is 9.47 Å². The van der Waals surface area contributed by atoms with Crippen LogP contribution in [-0.4, -0.2) is 39.3 Å². The van der Waals surface area contributed by atoms with E-state index in [-0.39, 0.29) is 6.61 Å². The molecule has 112 valence electrons. The third-order valence-electron chi connectivity index (χ3n) is 2.84. The minimum Gasteiger partial charge on any atom is -0.467 e. The van der Waals surface area contributed by atoms with Crippen molar-refractivity contribution in [2.45, 2.75) is 18.9 Å². The standard InChI is InChI=1S/C14H19F2NO3/c1-3-17-14(13(18)19-2,10-20-9-12(15)16)11-7-5-4-6-8-11/h4-8,12,17H,3,9-10H2,1-2H3. The van der Waals surface area contributed by atoms with Crippen LogP contribution in [-0.2, 0) is 19.8 Å². The number of carbonyl (C=O) groups is 1. The van der Waals surface area contributed by atoms with E-state index >= 15 is 0 Å². The summed E-state index contributed by atoms with van der Waals surface area (Å²) in [7, 11) is 1.25. The fraction of sp³-hybridized carbons (Fsp3) is 0.500. The molecule has 0 aromatic heterocycles. The minimum absolute atomic E-state index is 0.220. The lowest BCUT2D eigenvalue weighted by Gasteiger charge is -2.32. The Morgan fingerprint density at radius 2 is 2.00 bits per heavy atom. The van der Waals surface area contributed by atoms with Crippen LogP contribution < -0.4 is 5.32 Å². The van der Waals surface area contributed by atoms with Gasteiger partial charge in [0.05, 0.1) is 13.7 Å². The summed E-state index contributed by atoms with van der Waals surface area (Å²) >= 11 is 0. The number of rotatable bonds is 8. The first-order valence-corrected chi connectivity index (χ1v) is 6.31. The number of ether oxygens (including phenoxy) is 2. The normalized spacial score (nSPS) is 14.1. The van der Waals surface area contributed by atoms with Crippen LogP contribution in [0, 0.1) is 0 Å². The molecule has 1 unspecified atom stereocenters. The zero-order valence-corrected chi connectivity index (χ0v) is 11.6. The molecule has 0 spiro atoms. The number of carbonyl (C=O) groups excluding carboxylic acids is 1. The van der Waals surface area contributed by atoms with Crippen molar-refractivity contribution in [1.82, 2.24) is 5.32 Å². The Morgan fingerprint density at radius 3 is 2.50 bits per heavy atom. The molecule has 0 saturated heterocycles. The molecular weight excluding hydrogens is 268 g/mol. The molecule has 0 aliphatic rings. The fourth-order valence-electron chi connectivity index (χ4n) is 1.99. The maximum atomic E-state index is 12.2. The van der Waals surface area contributed by atoms with E-state index in [0.29, 0.717) is 12.1 Å². The van der Waals surface area contributed by atoms with Crippen LogP contribution in [0.5, 0.6) is 0 Å². The van der Waals surface area contributed by atoms with E-state index in [4.69, 9.17) is 9.47 Å². The Balaban J connectivity index is 3.04. The second kappa shape index (κ2) is 7.91. The number of methoxy groups -OCH3 is 1. The van der Waals surface area contributed by atoms with Crippen molar-refractivity contribution >= 4 is 5.97 Å². The van der Waals surface area contributed by atoms with E-state index in [1.807, 2.05) is 6.92 Å². The number of nitrogens with one attached hydrogen (secondary N) is 1. The van der Waals surface area contributed by atoms with Gasteiger partial charge in [-0.1, -0.05) is 37.3 Å². The Morgan fingerprint density at radius 1 is 1.35 bits per heavy atom. The highest BCUT2D eigenvalue weighted by Crippen LogP contribution is 2.23. The summed E-state index contributed by atoms with van der Waals surface area (Å²) in [4.78, 5) is 12.1. The summed E-state index contributed by atoms with van der Waals surface area (Å²) in [6, 6.07) is 8.78. The first-order chi connectivity index (χ1) is 9.56. The van der Waals surface area contributed by atoms with Crippen LogP contribution in [0.3, 0.4) is 0 Å².